The van der Waals surface area contributed by atoms with Gasteiger partial charge in [0.15, 0.2) is 0 Å². The fourth-order valence-corrected chi connectivity index (χ4v) is 3.85. The van der Waals surface area contributed by atoms with Crippen LogP contribution in [0.4, 0.5) is 0 Å². The van der Waals surface area contributed by atoms with Gasteiger partial charge in [0.25, 0.3) is 0 Å². The van der Waals surface area contributed by atoms with E-state index in [4.69, 9.17) is 11.6 Å². The van der Waals surface area contributed by atoms with Crippen LogP contribution < -0.4 is 5.32 Å². The lowest BCUT2D eigenvalue weighted by atomic mass is 10.1. The van der Waals surface area contributed by atoms with Crippen molar-refractivity contribution in [1.82, 2.24) is 10.2 Å². The van der Waals surface area contributed by atoms with Gasteiger partial charge < -0.3 is 10.2 Å². The molecular formula is C23H29ClN2O2S. The Morgan fingerprint density at radius 1 is 1.14 bits per heavy atom. The fourth-order valence-electron chi connectivity index (χ4n) is 2.88. The molecule has 0 aliphatic rings. The molecule has 2 amide bonds. The highest BCUT2D eigenvalue weighted by Gasteiger charge is 2.26. The van der Waals surface area contributed by atoms with Gasteiger partial charge in [-0.1, -0.05) is 42.8 Å². The predicted octanol–water partition coefficient (Wildman–Crippen LogP) is 5.07. The standard InChI is InChI=1S/C23H29ClN2O2S/c1-4-14-25-23(28)18(3)26(16-19-8-6-5-7-17(19)2)22(27)13-15-29-21-11-9-20(24)10-12-21/h5-12,18H,4,13-16H2,1-3H3,(H,25,28)/t18-/m0/s1. The van der Waals surface area contributed by atoms with E-state index in [1.165, 1.54) is 0 Å². The smallest absolute Gasteiger partial charge is 0.242 e. The van der Waals surface area contributed by atoms with Crippen LogP contribution in [0.3, 0.4) is 0 Å². The van der Waals surface area contributed by atoms with Crippen molar-refractivity contribution >= 4 is 35.2 Å². The maximum absolute atomic E-state index is 13.0. The van der Waals surface area contributed by atoms with E-state index in [9.17, 15) is 9.59 Å². The molecule has 6 heteroatoms. The number of hydrogen-bond donors (Lipinski definition) is 1. The van der Waals surface area contributed by atoms with E-state index in [-0.39, 0.29) is 11.8 Å². The molecule has 0 spiro atoms. The Morgan fingerprint density at radius 3 is 2.48 bits per heavy atom. The third-order valence-electron chi connectivity index (χ3n) is 4.72. The first kappa shape index (κ1) is 23.3. The minimum Gasteiger partial charge on any atom is -0.354 e. The van der Waals surface area contributed by atoms with Crippen molar-refractivity contribution in [3.63, 3.8) is 0 Å². The van der Waals surface area contributed by atoms with Gasteiger partial charge in [0, 0.05) is 35.2 Å². The predicted molar refractivity (Wildman–Crippen MR) is 121 cm³/mol. The van der Waals surface area contributed by atoms with Crippen molar-refractivity contribution < 1.29 is 9.59 Å². The lowest BCUT2D eigenvalue weighted by Crippen LogP contribution is -2.47. The molecule has 0 saturated heterocycles. The highest BCUT2D eigenvalue weighted by molar-refractivity contribution is 7.99. The molecule has 1 atom stereocenters. The van der Waals surface area contributed by atoms with Crippen molar-refractivity contribution in [3.8, 4) is 0 Å². The van der Waals surface area contributed by atoms with Crippen LogP contribution in [0.2, 0.25) is 5.02 Å². The molecule has 0 bridgehead atoms. The van der Waals surface area contributed by atoms with E-state index >= 15 is 0 Å². The highest BCUT2D eigenvalue weighted by atomic mass is 35.5. The van der Waals surface area contributed by atoms with Gasteiger partial charge in [0.05, 0.1) is 0 Å². The van der Waals surface area contributed by atoms with Crippen LogP contribution in [-0.2, 0) is 16.1 Å². The zero-order chi connectivity index (χ0) is 21.2. The third-order valence-corrected chi connectivity index (χ3v) is 5.98. The molecule has 0 fully saturated rings. The molecule has 2 rings (SSSR count). The second-order valence-corrected chi connectivity index (χ2v) is 8.57. The van der Waals surface area contributed by atoms with E-state index in [1.807, 2.05) is 62.4 Å². The molecule has 0 aliphatic carbocycles. The average Bonchev–Trinajstić information content (AvgIpc) is 2.72. The molecule has 4 nitrogen and oxygen atoms in total. The summed E-state index contributed by atoms with van der Waals surface area (Å²) in [4.78, 5) is 28.3. The summed E-state index contributed by atoms with van der Waals surface area (Å²) in [7, 11) is 0. The van der Waals surface area contributed by atoms with Crippen molar-refractivity contribution in [1.29, 1.82) is 0 Å². The van der Waals surface area contributed by atoms with Crippen molar-refractivity contribution in [2.24, 2.45) is 0 Å². The highest BCUT2D eigenvalue weighted by Crippen LogP contribution is 2.22. The van der Waals surface area contributed by atoms with Crippen LogP contribution in [0.1, 0.15) is 37.8 Å². The minimum absolute atomic E-state index is 0.0196. The third kappa shape index (κ3) is 7.41. The summed E-state index contributed by atoms with van der Waals surface area (Å²) in [6.07, 6.45) is 1.23. The summed E-state index contributed by atoms with van der Waals surface area (Å²) in [6, 6.07) is 15.0. The zero-order valence-corrected chi connectivity index (χ0v) is 18.9. The fraction of sp³-hybridized carbons (Fsp3) is 0.391. The Labute approximate surface area is 183 Å². The van der Waals surface area contributed by atoms with Crippen LogP contribution in [0.15, 0.2) is 53.4 Å². The Hall–Kier alpha value is -1.98. The van der Waals surface area contributed by atoms with E-state index in [1.54, 1.807) is 23.6 Å². The van der Waals surface area contributed by atoms with Gasteiger partial charge in [-0.3, -0.25) is 9.59 Å². The first-order chi connectivity index (χ1) is 13.9. The molecule has 0 aliphatic heterocycles. The second kappa shape index (κ2) is 11.9. The van der Waals surface area contributed by atoms with Crippen molar-refractivity contribution in [2.75, 3.05) is 12.3 Å². The van der Waals surface area contributed by atoms with Gasteiger partial charge in [-0.05, 0) is 55.7 Å². The number of benzene rings is 2. The number of thioether (sulfide) groups is 1. The molecule has 0 aromatic heterocycles. The Kier molecular flexibility index (Phi) is 9.55. The Morgan fingerprint density at radius 2 is 1.83 bits per heavy atom. The van der Waals surface area contributed by atoms with E-state index in [0.29, 0.717) is 30.3 Å². The summed E-state index contributed by atoms with van der Waals surface area (Å²) in [5, 5.41) is 3.60. The number of rotatable bonds is 10. The molecule has 0 radical (unpaired) electrons. The monoisotopic (exact) mass is 432 g/mol. The van der Waals surface area contributed by atoms with Crippen LogP contribution in [0, 0.1) is 6.92 Å². The number of aryl methyl sites for hydroxylation is 1. The number of amides is 2. The SMILES string of the molecule is CCCNC(=O)[C@H](C)N(Cc1ccccc1C)C(=O)CCSc1ccc(Cl)cc1. The Balaban J connectivity index is 2.05. The van der Waals surface area contributed by atoms with E-state index in [2.05, 4.69) is 5.32 Å². The topological polar surface area (TPSA) is 49.4 Å². The molecule has 29 heavy (non-hydrogen) atoms. The summed E-state index contributed by atoms with van der Waals surface area (Å²) < 4.78 is 0. The van der Waals surface area contributed by atoms with Crippen LogP contribution in [0.25, 0.3) is 0 Å². The summed E-state index contributed by atoms with van der Waals surface area (Å²) in [6.45, 7) is 6.87. The summed E-state index contributed by atoms with van der Waals surface area (Å²) in [5.41, 5.74) is 2.17. The van der Waals surface area contributed by atoms with Crippen LogP contribution in [-0.4, -0.2) is 35.1 Å². The Bertz CT molecular complexity index is 811. The van der Waals surface area contributed by atoms with E-state index < -0.39 is 6.04 Å². The second-order valence-electron chi connectivity index (χ2n) is 6.97. The van der Waals surface area contributed by atoms with Crippen molar-refractivity contribution in [2.45, 2.75) is 51.1 Å². The lowest BCUT2D eigenvalue weighted by molar-refractivity contribution is -0.140. The quantitative estimate of drug-likeness (QED) is 0.533. The summed E-state index contributed by atoms with van der Waals surface area (Å²) >= 11 is 7.53. The molecule has 2 aromatic carbocycles. The van der Waals surface area contributed by atoms with Gasteiger partial charge in [0.2, 0.25) is 11.8 Å². The lowest BCUT2D eigenvalue weighted by Gasteiger charge is -2.29. The number of halogens is 1. The van der Waals surface area contributed by atoms with Gasteiger partial charge in [-0.15, -0.1) is 11.8 Å². The molecule has 2 aromatic rings. The minimum atomic E-state index is -0.519. The van der Waals surface area contributed by atoms with E-state index in [0.717, 1.165) is 22.4 Å². The number of hydrogen-bond acceptors (Lipinski definition) is 3. The number of carbonyl (C=O) groups excluding carboxylic acids is 2. The van der Waals surface area contributed by atoms with Gasteiger partial charge in [-0.25, -0.2) is 0 Å². The van der Waals surface area contributed by atoms with Crippen LogP contribution >= 0.6 is 23.4 Å². The molecule has 0 saturated carbocycles. The maximum atomic E-state index is 13.0. The van der Waals surface area contributed by atoms with Crippen LogP contribution in [0.5, 0.6) is 0 Å². The molecular weight excluding hydrogens is 404 g/mol. The largest absolute Gasteiger partial charge is 0.354 e. The zero-order valence-electron chi connectivity index (χ0n) is 17.3. The van der Waals surface area contributed by atoms with Gasteiger partial charge in [0.1, 0.15) is 6.04 Å². The molecule has 1 N–H and O–H groups in total. The number of nitrogens with one attached hydrogen (secondary N) is 1. The van der Waals surface area contributed by atoms with Gasteiger partial charge in [-0.2, -0.15) is 0 Å². The molecule has 156 valence electrons. The number of carbonyl (C=O) groups is 2. The van der Waals surface area contributed by atoms with Crippen molar-refractivity contribution in [3.05, 3.63) is 64.7 Å². The molecule has 0 heterocycles. The number of nitrogens with zero attached hydrogens (tertiary/aromatic N) is 1. The van der Waals surface area contributed by atoms with Gasteiger partial charge >= 0.3 is 0 Å². The first-order valence-corrected chi connectivity index (χ1v) is 11.3. The first-order valence-electron chi connectivity index (χ1n) is 9.92. The normalized spacial score (nSPS) is 11.7. The molecule has 0 unspecified atom stereocenters. The maximum Gasteiger partial charge on any atom is 0.242 e. The summed E-state index contributed by atoms with van der Waals surface area (Å²) in [5.74, 6) is 0.515. The average molecular weight is 433 g/mol.